The number of nitrogens with zero attached hydrogens (tertiary/aromatic N) is 3. The highest BCUT2D eigenvalue weighted by Crippen LogP contribution is 2.32. The third kappa shape index (κ3) is 4.01. The van der Waals surface area contributed by atoms with E-state index in [-0.39, 0.29) is 0 Å². The molecule has 5 nitrogen and oxygen atoms in total. The van der Waals surface area contributed by atoms with E-state index >= 15 is 0 Å². The second-order valence-corrected chi connectivity index (χ2v) is 8.11. The zero-order valence-electron chi connectivity index (χ0n) is 18.7. The van der Waals surface area contributed by atoms with Gasteiger partial charge in [-0.2, -0.15) is 0 Å². The van der Waals surface area contributed by atoms with Crippen molar-refractivity contribution >= 4 is 29.2 Å². The SMILES string of the molecule is O[B]Oc1ccccc1-c1nc(-c2ccccc2)nc(-c2ccc3ccc4ccccc4c3c2)n1. The molecule has 6 rings (SSSR count). The van der Waals surface area contributed by atoms with Crippen molar-refractivity contribution in [1.29, 1.82) is 0 Å². The maximum atomic E-state index is 9.24. The lowest BCUT2D eigenvalue weighted by atomic mass is 10.00. The molecule has 1 radical (unpaired) electrons. The summed E-state index contributed by atoms with van der Waals surface area (Å²) < 4.78 is 5.32. The van der Waals surface area contributed by atoms with Crippen LogP contribution < -0.4 is 4.65 Å². The van der Waals surface area contributed by atoms with Gasteiger partial charge in [0.1, 0.15) is 5.75 Å². The summed E-state index contributed by atoms with van der Waals surface area (Å²) in [5.74, 6) is 2.04. The van der Waals surface area contributed by atoms with Crippen LogP contribution in [0.4, 0.5) is 0 Å². The topological polar surface area (TPSA) is 68.1 Å². The summed E-state index contributed by atoms with van der Waals surface area (Å²) in [6.45, 7) is 0. The Morgan fingerprint density at radius 3 is 2.00 bits per heavy atom. The normalized spacial score (nSPS) is 11.0. The Labute approximate surface area is 203 Å². The fourth-order valence-corrected chi connectivity index (χ4v) is 4.29. The lowest BCUT2D eigenvalue weighted by Crippen LogP contribution is -2.04. The summed E-state index contributed by atoms with van der Waals surface area (Å²) in [5, 5.41) is 13.9. The van der Waals surface area contributed by atoms with Gasteiger partial charge in [0.2, 0.25) is 0 Å². The molecule has 0 spiro atoms. The highest BCUT2D eigenvalue weighted by molar-refractivity contribution is 6.17. The predicted octanol–water partition coefficient (Wildman–Crippen LogP) is 6.08. The molecule has 35 heavy (non-hydrogen) atoms. The standard InChI is InChI=1S/C29H19BN3O2/c34-30-35-26-13-7-6-12-24(26)29-32-27(21-9-2-1-3-10-21)31-28(33-29)22-17-16-20-15-14-19-8-4-5-11-23(19)25(20)18-22/h1-18,34H. The lowest BCUT2D eigenvalue weighted by molar-refractivity contribution is 0.454. The molecule has 1 heterocycles. The smallest absolute Gasteiger partial charge is 0.537 e. The molecule has 0 unspecified atom stereocenters. The summed E-state index contributed by atoms with van der Waals surface area (Å²) in [5.41, 5.74) is 2.43. The van der Waals surface area contributed by atoms with Crippen molar-refractivity contribution in [2.24, 2.45) is 0 Å². The fraction of sp³-hybridized carbons (Fsp3) is 0. The van der Waals surface area contributed by atoms with Gasteiger partial charge in [-0.15, -0.1) is 0 Å². The lowest BCUT2D eigenvalue weighted by Gasteiger charge is -2.12. The van der Waals surface area contributed by atoms with Crippen LogP contribution in [-0.4, -0.2) is 27.7 Å². The first-order chi connectivity index (χ1) is 17.3. The molecule has 0 bridgehead atoms. The number of hydrogen-bond acceptors (Lipinski definition) is 5. The summed E-state index contributed by atoms with van der Waals surface area (Å²) in [6, 6.07) is 36.0. The number of benzene rings is 5. The molecule has 0 saturated carbocycles. The van der Waals surface area contributed by atoms with Crippen molar-refractivity contribution in [2.45, 2.75) is 0 Å². The second kappa shape index (κ2) is 9.01. The van der Waals surface area contributed by atoms with Gasteiger partial charge in [0.05, 0.1) is 5.56 Å². The monoisotopic (exact) mass is 452 g/mol. The first-order valence-electron chi connectivity index (χ1n) is 11.3. The van der Waals surface area contributed by atoms with Crippen molar-refractivity contribution in [1.82, 2.24) is 15.0 Å². The number of aromatic nitrogens is 3. The molecule has 6 aromatic rings. The van der Waals surface area contributed by atoms with Crippen molar-refractivity contribution in [3.05, 3.63) is 109 Å². The Hall–Kier alpha value is -4.55. The van der Waals surface area contributed by atoms with Crippen molar-refractivity contribution < 1.29 is 9.68 Å². The van der Waals surface area contributed by atoms with Crippen LogP contribution in [0.2, 0.25) is 0 Å². The van der Waals surface area contributed by atoms with Crippen LogP contribution >= 0.6 is 0 Å². The van der Waals surface area contributed by atoms with E-state index < -0.39 is 0 Å². The molecule has 0 atom stereocenters. The maximum Gasteiger partial charge on any atom is 0.569 e. The van der Waals surface area contributed by atoms with Crippen LogP contribution in [0.15, 0.2) is 109 Å². The minimum absolute atomic E-state index is 0.454. The Kier molecular flexibility index (Phi) is 5.41. The van der Waals surface area contributed by atoms with E-state index in [0.717, 1.165) is 21.9 Å². The molecule has 0 aliphatic carbocycles. The fourth-order valence-electron chi connectivity index (χ4n) is 4.29. The largest absolute Gasteiger partial charge is 0.569 e. The Bertz CT molecular complexity index is 1670. The third-order valence-electron chi connectivity index (χ3n) is 5.98. The van der Waals surface area contributed by atoms with Gasteiger partial charge in [-0.25, -0.2) is 15.0 Å². The summed E-state index contributed by atoms with van der Waals surface area (Å²) in [7, 11) is 0.660. The molecular formula is C29H19BN3O2. The van der Waals surface area contributed by atoms with Crippen molar-refractivity contribution in [3.63, 3.8) is 0 Å². The van der Waals surface area contributed by atoms with E-state index in [4.69, 9.17) is 19.6 Å². The van der Waals surface area contributed by atoms with Crippen LogP contribution in [0.25, 0.3) is 55.7 Å². The molecule has 6 heteroatoms. The third-order valence-corrected chi connectivity index (χ3v) is 5.98. The molecule has 1 aromatic heterocycles. The highest BCUT2D eigenvalue weighted by Gasteiger charge is 2.16. The molecule has 0 fully saturated rings. The van der Waals surface area contributed by atoms with Crippen LogP contribution in [-0.2, 0) is 0 Å². The van der Waals surface area contributed by atoms with E-state index in [0.29, 0.717) is 36.5 Å². The highest BCUT2D eigenvalue weighted by atomic mass is 16.5. The van der Waals surface area contributed by atoms with Crippen molar-refractivity contribution in [2.75, 3.05) is 0 Å². The number of fused-ring (bicyclic) bond motifs is 3. The zero-order valence-corrected chi connectivity index (χ0v) is 18.7. The molecule has 0 amide bonds. The molecule has 1 N–H and O–H groups in total. The Balaban J connectivity index is 1.59. The summed E-state index contributed by atoms with van der Waals surface area (Å²) in [6.07, 6.45) is 0. The van der Waals surface area contributed by atoms with Gasteiger partial charge in [-0.1, -0.05) is 91.0 Å². The minimum atomic E-state index is 0.454. The Morgan fingerprint density at radius 2 is 1.17 bits per heavy atom. The molecule has 165 valence electrons. The van der Waals surface area contributed by atoms with E-state index in [1.807, 2.05) is 60.7 Å². The average molecular weight is 452 g/mol. The summed E-state index contributed by atoms with van der Waals surface area (Å²) in [4.78, 5) is 14.4. The second-order valence-electron chi connectivity index (χ2n) is 8.11. The van der Waals surface area contributed by atoms with Gasteiger partial charge in [-0.05, 0) is 39.7 Å². The minimum Gasteiger partial charge on any atom is -0.537 e. The van der Waals surface area contributed by atoms with E-state index in [2.05, 4.69) is 42.5 Å². The van der Waals surface area contributed by atoms with Crippen LogP contribution in [0.3, 0.4) is 0 Å². The van der Waals surface area contributed by atoms with Crippen molar-refractivity contribution in [3.8, 4) is 39.9 Å². The van der Waals surface area contributed by atoms with Crippen LogP contribution in [0, 0.1) is 0 Å². The number of para-hydroxylation sites is 1. The van der Waals surface area contributed by atoms with Gasteiger partial charge in [0.15, 0.2) is 17.5 Å². The first kappa shape index (κ1) is 21.0. The van der Waals surface area contributed by atoms with Crippen LogP contribution in [0.1, 0.15) is 0 Å². The number of hydrogen-bond donors (Lipinski definition) is 1. The van der Waals surface area contributed by atoms with Gasteiger partial charge in [0, 0.05) is 11.1 Å². The average Bonchev–Trinajstić information content (AvgIpc) is 2.93. The first-order valence-corrected chi connectivity index (χ1v) is 11.3. The maximum absolute atomic E-state index is 9.24. The zero-order chi connectivity index (χ0) is 23.6. The molecule has 0 aliphatic rings. The number of rotatable bonds is 5. The molecule has 0 saturated heterocycles. The molecule has 0 aliphatic heterocycles. The van der Waals surface area contributed by atoms with E-state index in [1.165, 1.54) is 10.8 Å². The van der Waals surface area contributed by atoms with Gasteiger partial charge in [-0.3, -0.25) is 0 Å². The van der Waals surface area contributed by atoms with Crippen LogP contribution in [0.5, 0.6) is 5.75 Å². The van der Waals surface area contributed by atoms with E-state index in [9.17, 15) is 5.02 Å². The molecular weight excluding hydrogens is 433 g/mol. The predicted molar refractivity (Wildman–Crippen MR) is 140 cm³/mol. The van der Waals surface area contributed by atoms with Gasteiger partial charge >= 0.3 is 7.69 Å². The van der Waals surface area contributed by atoms with Gasteiger partial charge < -0.3 is 9.68 Å². The van der Waals surface area contributed by atoms with Gasteiger partial charge in [0.25, 0.3) is 0 Å². The Morgan fingerprint density at radius 1 is 0.543 bits per heavy atom. The molecule has 5 aromatic carbocycles. The summed E-state index contributed by atoms with van der Waals surface area (Å²) >= 11 is 0. The van der Waals surface area contributed by atoms with E-state index in [1.54, 1.807) is 6.07 Å². The quantitative estimate of drug-likeness (QED) is 0.254.